The van der Waals surface area contributed by atoms with Gasteiger partial charge in [-0.25, -0.2) is 9.18 Å². The Kier molecular flexibility index (Phi) is 5.50. The molecule has 0 saturated carbocycles. The highest BCUT2D eigenvalue weighted by atomic mass is 19.4. The lowest BCUT2D eigenvalue weighted by Gasteiger charge is -2.12. The molecule has 0 spiro atoms. The van der Waals surface area contributed by atoms with Gasteiger partial charge in [0.05, 0.1) is 18.7 Å². The summed E-state index contributed by atoms with van der Waals surface area (Å²) in [7, 11) is 0. The van der Waals surface area contributed by atoms with E-state index in [4.69, 9.17) is 15.2 Å². The maximum absolute atomic E-state index is 12.9. The van der Waals surface area contributed by atoms with Gasteiger partial charge in [-0.05, 0) is 25.1 Å². The Morgan fingerprint density at radius 2 is 2.08 bits per heavy atom. The summed E-state index contributed by atoms with van der Waals surface area (Å²) in [6.45, 7) is 0.765. The first-order valence-corrected chi connectivity index (χ1v) is 7.21. The van der Waals surface area contributed by atoms with Crippen molar-refractivity contribution in [3.8, 4) is 11.6 Å². The van der Waals surface area contributed by atoms with Gasteiger partial charge in [-0.15, -0.1) is 5.10 Å². The molecule has 6 nitrogen and oxygen atoms in total. The molecule has 0 atom stereocenters. The van der Waals surface area contributed by atoms with Crippen molar-refractivity contribution >= 4 is 11.7 Å². The largest absolute Gasteiger partial charge is 0.462 e. The van der Waals surface area contributed by atoms with E-state index in [1.807, 2.05) is 0 Å². The van der Waals surface area contributed by atoms with Crippen molar-refractivity contribution in [2.45, 2.75) is 19.6 Å². The number of aromatic nitrogens is 2. The number of benzene rings is 1. The molecule has 1 aromatic heterocycles. The third kappa shape index (κ3) is 4.40. The molecule has 0 fully saturated rings. The molecule has 0 bridgehead atoms. The quantitative estimate of drug-likeness (QED) is 0.484. The monoisotopic (exact) mass is 361 g/mol. The fourth-order valence-corrected chi connectivity index (χ4v) is 1.99. The van der Waals surface area contributed by atoms with Gasteiger partial charge < -0.3 is 15.2 Å². The SMILES string of the molecule is CCOC(=O)c1cn(CCF)nc1Oc1ccc(N)c(C(F)(F)F)c1. The summed E-state index contributed by atoms with van der Waals surface area (Å²) in [5.41, 5.74) is 3.65. The molecule has 1 heterocycles. The average Bonchev–Trinajstić information content (AvgIpc) is 2.91. The van der Waals surface area contributed by atoms with Crippen molar-refractivity contribution in [1.29, 1.82) is 0 Å². The maximum Gasteiger partial charge on any atom is 0.418 e. The first-order valence-electron chi connectivity index (χ1n) is 7.21. The number of nitrogens with two attached hydrogens (primary N) is 1. The van der Waals surface area contributed by atoms with E-state index in [-0.39, 0.29) is 30.3 Å². The van der Waals surface area contributed by atoms with E-state index >= 15 is 0 Å². The van der Waals surface area contributed by atoms with E-state index < -0.39 is 30.1 Å². The molecule has 0 saturated heterocycles. The van der Waals surface area contributed by atoms with E-state index in [1.54, 1.807) is 6.92 Å². The van der Waals surface area contributed by atoms with Crippen molar-refractivity contribution in [3.05, 3.63) is 35.5 Å². The van der Waals surface area contributed by atoms with Crippen LogP contribution < -0.4 is 10.5 Å². The molecule has 0 amide bonds. The Labute approximate surface area is 140 Å². The number of esters is 1. The van der Waals surface area contributed by atoms with E-state index in [9.17, 15) is 22.4 Å². The fourth-order valence-electron chi connectivity index (χ4n) is 1.99. The third-order valence-corrected chi connectivity index (χ3v) is 3.08. The smallest absolute Gasteiger partial charge is 0.418 e. The van der Waals surface area contributed by atoms with Crippen LogP contribution in [0.5, 0.6) is 11.6 Å². The lowest BCUT2D eigenvalue weighted by molar-refractivity contribution is -0.137. The Hall–Kier alpha value is -2.78. The van der Waals surface area contributed by atoms with Crippen LogP contribution >= 0.6 is 0 Å². The van der Waals surface area contributed by atoms with Crippen LogP contribution in [0.3, 0.4) is 0 Å². The molecule has 0 aliphatic rings. The number of rotatable bonds is 6. The number of carbonyl (C=O) groups excluding carboxylic acids is 1. The van der Waals surface area contributed by atoms with Gasteiger partial charge in [-0.1, -0.05) is 0 Å². The molecule has 2 rings (SSSR count). The van der Waals surface area contributed by atoms with Gasteiger partial charge in [0, 0.05) is 11.9 Å². The van der Waals surface area contributed by atoms with Gasteiger partial charge in [-0.2, -0.15) is 13.2 Å². The minimum absolute atomic E-state index is 0.0760. The fraction of sp³-hybridized carbons (Fsp3) is 0.333. The van der Waals surface area contributed by atoms with E-state index in [0.717, 1.165) is 10.7 Å². The summed E-state index contributed by atoms with van der Waals surface area (Å²) in [6.07, 6.45) is -3.46. The summed E-state index contributed by atoms with van der Waals surface area (Å²) >= 11 is 0. The van der Waals surface area contributed by atoms with Crippen LogP contribution in [0.4, 0.5) is 23.2 Å². The number of alkyl halides is 4. The third-order valence-electron chi connectivity index (χ3n) is 3.08. The van der Waals surface area contributed by atoms with Gasteiger partial charge in [0.25, 0.3) is 5.88 Å². The van der Waals surface area contributed by atoms with Crippen molar-refractivity contribution < 1.29 is 31.8 Å². The second-order valence-corrected chi connectivity index (χ2v) is 4.87. The number of nitrogen functional groups attached to an aromatic ring is 1. The highest BCUT2D eigenvalue weighted by Gasteiger charge is 2.33. The Bertz CT molecular complexity index is 759. The van der Waals surface area contributed by atoms with Crippen molar-refractivity contribution in [2.75, 3.05) is 19.0 Å². The number of ether oxygens (including phenoxy) is 2. The van der Waals surface area contributed by atoms with Crippen molar-refractivity contribution in [3.63, 3.8) is 0 Å². The Morgan fingerprint density at radius 1 is 1.36 bits per heavy atom. The molecule has 2 aromatic rings. The minimum atomic E-state index is -4.67. The van der Waals surface area contributed by atoms with E-state index in [0.29, 0.717) is 6.07 Å². The Balaban J connectivity index is 2.37. The Morgan fingerprint density at radius 3 is 2.68 bits per heavy atom. The number of nitrogens with zero attached hydrogens (tertiary/aromatic N) is 2. The van der Waals surface area contributed by atoms with Crippen LogP contribution in [0.2, 0.25) is 0 Å². The topological polar surface area (TPSA) is 79.4 Å². The van der Waals surface area contributed by atoms with E-state index in [2.05, 4.69) is 5.10 Å². The van der Waals surface area contributed by atoms with Crippen LogP contribution in [-0.4, -0.2) is 29.0 Å². The van der Waals surface area contributed by atoms with Gasteiger partial charge in [0.2, 0.25) is 0 Å². The zero-order valence-corrected chi connectivity index (χ0v) is 13.1. The number of hydrogen-bond acceptors (Lipinski definition) is 5. The number of aryl methyl sites for hydroxylation is 1. The molecule has 0 unspecified atom stereocenters. The molecule has 0 radical (unpaired) electrons. The summed E-state index contributed by atoms with van der Waals surface area (Å²) in [6, 6.07) is 2.92. The van der Waals surface area contributed by atoms with Gasteiger partial charge in [0.15, 0.2) is 0 Å². The maximum atomic E-state index is 12.9. The van der Waals surface area contributed by atoms with Gasteiger partial charge in [0.1, 0.15) is 18.0 Å². The summed E-state index contributed by atoms with van der Waals surface area (Å²) in [5.74, 6) is -1.29. The highest BCUT2D eigenvalue weighted by molar-refractivity contribution is 5.91. The average molecular weight is 361 g/mol. The molecule has 1 aromatic carbocycles. The first kappa shape index (κ1) is 18.6. The molecule has 2 N–H and O–H groups in total. The first-order chi connectivity index (χ1) is 11.8. The lowest BCUT2D eigenvalue weighted by Crippen LogP contribution is -2.09. The minimum Gasteiger partial charge on any atom is -0.462 e. The predicted molar refractivity (Wildman–Crippen MR) is 80.1 cm³/mol. The molecular weight excluding hydrogens is 346 g/mol. The number of hydrogen-bond donors (Lipinski definition) is 1. The van der Waals surface area contributed by atoms with Crippen LogP contribution in [0, 0.1) is 0 Å². The van der Waals surface area contributed by atoms with Crippen LogP contribution in [0.15, 0.2) is 24.4 Å². The molecule has 0 aliphatic heterocycles. The van der Waals surface area contributed by atoms with Gasteiger partial charge in [-0.3, -0.25) is 4.68 Å². The lowest BCUT2D eigenvalue weighted by atomic mass is 10.1. The number of anilines is 1. The van der Waals surface area contributed by atoms with Crippen LogP contribution in [-0.2, 0) is 17.5 Å². The number of halogens is 4. The summed E-state index contributed by atoms with van der Waals surface area (Å²) in [4.78, 5) is 11.9. The normalized spacial score (nSPS) is 11.4. The zero-order valence-electron chi connectivity index (χ0n) is 13.1. The summed E-state index contributed by atoms with van der Waals surface area (Å²) < 4.78 is 62.4. The standard InChI is InChI=1S/C15H15F4N3O3/c1-2-24-14(23)10-8-22(6-5-16)21-13(10)25-9-3-4-12(20)11(7-9)15(17,18)19/h3-4,7-8H,2,5-6,20H2,1H3. The van der Waals surface area contributed by atoms with E-state index in [1.165, 1.54) is 12.3 Å². The van der Waals surface area contributed by atoms with Crippen LogP contribution in [0.1, 0.15) is 22.8 Å². The molecular formula is C15H15F4N3O3. The molecule has 25 heavy (non-hydrogen) atoms. The second-order valence-electron chi connectivity index (χ2n) is 4.87. The molecule has 136 valence electrons. The molecule has 0 aliphatic carbocycles. The molecule has 10 heteroatoms. The predicted octanol–water partition coefficient (Wildman–Crippen LogP) is 3.42. The zero-order chi connectivity index (χ0) is 18.6. The van der Waals surface area contributed by atoms with Crippen LogP contribution in [0.25, 0.3) is 0 Å². The second kappa shape index (κ2) is 7.41. The summed E-state index contributed by atoms with van der Waals surface area (Å²) in [5, 5.41) is 3.85. The van der Waals surface area contributed by atoms with Crippen molar-refractivity contribution in [2.24, 2.45) is 0 Å². The highest BCUT2D eigenvalue weighted by Crippen LogP contribution is 2.37. The van der Waals surface area contributed by atoms with Gasteiger partial charge >= 0.3 is 12.1 Å². The van der Waals surface area contributed by atoms with Crippen molar-refractivity contribution in [1.82, 2.24) is 9.78 Å². The number of carbonyl (C=O) groups is 1.